The van der Waals surface area contributed by atoms with E-state index in [-0.39, 0.29) is 11.8 Å². The van der Waals surface area contributed by atoms with Gasteiger partial charge in [0.15, 0.2) is 0 Å². The monoisotopic (exact) mass is 564 g/mol. The molecule has 0 aliphatic rings. The molecule has 172 valence electrons. The molecule has 0 unspecified atom stereocenters. The van der Waals surface area contributed by atoms with E-state index >= 15 is 0 Å². The van der Waals surface area contributed by atoms with Crippen LogP contribution in [0.25, 0.3) is 0 Å². The van der Waals surface area contributed by atoms with Crippen LogP contribution in [0.5, 0.6) is 0 Å². The lowest BCUT2D eigenvalue weighted by Crippen LogP contribution is -2.08. The van der Waals surface area contributed by atoms with Gasteiger partial charge >= 0.3 is 0 Å². The standard InChI is InChI=1S/C28H18Cl6/c29-21-9-1-17(2-10-21)25(18-3-11-22(30)12-4-18)27(33)28(34)26(19-5-13-23(31)14-6-19)20-7-15-24(32)16-8-20/h1-16,25-26H/b28-27-. The van der Waals surface area contributed by atoms with Crippen LogP contribution in [-0.2, 0) is 0 Å². The Kier molecular flexibility index (Phi) is 8.53. The molecule has 0 spiro atoms. The van der Waals surface area contributed by atoms with E-state index in [0.717, 1.165) is 22.3 Å². The lowest BCUT2D eigenvalue weighted by molar-refractivity contribution is 0.940. The van der Waals surface area contributed by atoms with Crippen LogP contribution < -0.4 is 0 Å². The van der Waals surface area contributed by atoms with Crippen molar-refractivity contribution in [2.24, 2.45) is 0 Å². The van der Waals surface area contributed by atoms with Gasteiger partial charge in [-0.15, -0.1) is 0 Å². The van der Waals surface area contributed by atoms with Gasteiger partial charge in [-0.25, -0.2) is 0 Å². The maximum atomic E-state index is 7.13. The summed E-state index contributed by atoms with van der Waals surface area (Å²) in [5.41, 5.74) is 3.84. The molecule has 0 N–H and O–H groups in total. The molecule has 0 heterocycles. The highest BCUT2D eigenvalue weighted by Crippen LogP contribution is 2.44. The summed E-state index contributed by atoms with van der Waals surface area (Å²) in [6.45, 7) is 0. The van der Waals surface area contributed by atoms with E-state index in [4.69, 9.17) is 69.6 Å². The summed E-state index contributed by atoms with van der Waals surface area (Å²) in [5, 5.41) is 3.58. The molecule has 4 aromatic rings. The number of hydrogen-bond donors (Lipinski definition) is 0. The molecule has 0 atom stereocenters. The highest BCUT2D eigenvalue weighted by atomic mass is 35.5. The predicted octanol–water partition coefficient (Wildman–Crippen LogP) is 11.0. The van der Waals surface area contributed by atoms with Crippen LogP contribution in [0.4, 0.5) is 0 Å². The van der Waals surface area contributed by atoms with Crippen LogP contribution in [-0.4, -0.2) is 0 Å². The zero-order valence-corrected chi connectivity index (χ0v) is 22.2. The average Bonchev–Trinajstić information content (AvgIpc) is 2.84. The highest BCUT2D eigenvalue weighted by molar-refractivity contribution is 6.40. The van der Waals surface area contributed by atoms with Gasteiger partial charge < -0.3 is 0 Å². The minimum absolute atomic E-state index is 0.314. The van der Waals surface area contributed by atoms with Crippen molar-refractivity contribution in [3.63, 3.8) is 0 Å². The quantitative estimate of drug-likeness (QED) is 0.218. The molecule has 0 nitrogen and oxygen atoms in total. The Labute approximate surface area is 229 Å². The number of hydrogen-bond acceptors (Lipinski definition) is 0. The van der Waals surface area contributed by atoms with Crippen molar-refractivity contribution in [2.75, 3.05) is 0 Å². The lowest BCUT2D eigenvalue weighted by atomic mass is 9.86. The van der Waals surface area contributed by atoms with Gasteiger partial charge in [-0.2, -0.15) is 0 Å². The second kappa shape index (κ2) is 11.4. The number of allylic oxidation sites excluding steroid dienone is 2. The third-order valence-corrected chi connectivity index (χ3v) is 7.50. The Morgan fingerprint density at radius 3 is 0.706 bits per heavy atom. The maximum absolute atomic E-state index is 7.13. The van der Waals surface area contributed by atoms with Gasteiger partial charge in [-0.05, 0) is 70.8 Å². The number of rotatable bonds is 6. The van der Waals surface area contributed by atoms with E-state index < -0.39 is 0 Å². The molecule has 0 aromatic heterocycles. The van der Waals surface area contributed by atoms with Gasteiger partial charge in [0.2, 0.25) is 0 Å². The summed E-state index contributed by atoms with van der Waals surface area (Å²) in [6, 6.07) is 30.3. The fraction of sp³-hybridized carbons (Fsp3) is 0.0714. The summed E-state index contributed by atoms with van der Waals surface area (Å²) in [6.07, 6.45) is 0. The highest BCUT2D eigenvalue weighted by Gasteiger charge is 2.27. The molecule has 0 saturated carbocycles. The first kappa shape index (κ1) is 25.5. The predicted molar refractivity (Wildman–Crippen MR) is 148 cm³/mol. The average molecular weight is 567 g/mol. The van der Waals surface area contributed by atoms with Crippen LogP contribution >= 0.6 is 69.6 Å². The van der Waals surface area contributed by atoms with Gasteiger partial charge in [0.25, 0.3) is 0 Å². The van der Waals surface area contributed by atoms with Crippen molar-refractivity contribution in [3.05, 3.63) is 149 Å². The van der Waals surface area contributed by atoms with Gasteiger partial charge in [0.05, 0.1) is 0 Å². The first-order chi connectivity index (χ1) is 16.3. The van der Waals surface area contributed by atoms with Gasteiger partial charge in [-0.3, -0.25) is 0 Å². The van der Waals surface area contributed by atoms with Crippen LogP contribution in [0.1, 0.15) is 34.1 Å². The molecule has 0 radical (unpaired) electrons. The molecular weight excluding hydrogens is 549 g/mol. The molecule has 0 saturated heterocycles. The second-order valence-electron chi connectivity index (χ2n) is 7.77. The van der Waals surface area contributed by atoms with Crippen LogP contribution in [0.15, 0.2) is 107 Å². The molecule has 6 heteroatoms. The Balaban J connectivity index is 1.90. The molecule has 0 aliphatic carbocycles. The smallest absolute Gasteiger partial charge is 0.0459 e. The molecule has 0 amide bonds. The van der Waals surface area contributed by atoms with Crippen LogP contribution in [0, 0.1) is 0 Å². The molecule has 0 bridgehead atoms. The van der Waals surface area contributed by atoms with E-state index in [0.29, 0.717) is 30.2 Å². The minimum Gasteiger partial charge on any atom is -0.0868 e. The normalized spacial score (nSPS) is 12.2. The van der Waals surface area contributed by atoms with Crippen molar-refractivity contribution >= 4 is 69.6 Å². The fourth-order valence-electron chi connectivity index (χ4n) is 3.87. The minimum atomic E-state index is -0.314. The largest absolute Gasteiger partial charge is 0.0868 e. The third-order valence-electron chi connectivity index (χ3n) is 5.55. The van der Waals surface area contributed by atoms with Crippen molar-refractivity contribution in [2.45, 2.75) is 11.8 Å². The Hall–Kier alpha value is -1.64. The van der Waals surface area contributed by atoms with E-state index in [1.165, 1.54) is 0 Å². The van der Waals surface area contributed by atoms with Crippen LogP contribution in [0.3, 0.4) is 0 Å². The van der Waals surface area contributed by atoms with Crippen molar-refractivity contribution < 1.29 is 0 Å². The van der Waals surface area contributed by atoms with E-state index in [1.807, 2.05) is 97.1 Å². The Bertz CT molecular complexity index is 1080. The second-order valence-corrected chi connectivity index (χ2v) is 10.3. The SMILES string of the molecule is Cl/C(=C(\Cl)C(c1ccc(Cl)cc1)c1ccc(Cl)cc1)C(c1ccc(Cl)cc1)c1ccc(Cl)cc1. The van der Waals surface area contributed by atoms with Crippen LogP contribution in [0.2, 0.25) is 20.1 Å². The molecule has 4 rings (SSSR count). The number of halogens is 6. The van der Waals surface area contributed by atoms with Crippen molar-refractivity contribution in [1.82, 2.24) is 0 Å². The zero-order chi connectivity index (χ0) is 24.2. The summed E-state index contributed by atoms with van der Waals surface area (Å²) >= 11 is 38.9. The zero-order valence-electron chi connectivity index (χ0n) is 17.7. The Morgan fingerprint density at radius 2 is 0.529 bits per heavy atom. The molecule has 4 aromatic carbocycles. The summed E-state index contributed by atoms with van der Waals surface area (Å²) < 4.78 is 0. The lowest BCUT2D eigenvalue weighted by Gasteiger charge is -2.24. The van der Waals surface area contributed by atoms with Crippen molar-refractivity contribution in [1.29, 1.82) is 0 Å². The molecule has 0 aliphatic heterocycles. The van der Waals surface area contributed by atoms with E-state index in [2.05, 4.69) is 0 Å². The first-order valence-corrected chi connectivity index (χ1v) is 12.7. The van der Waals surface area contributed by atoms with E-state index in [9.17, 15) is 0 Å². The summed E-state index contributed by atoms with van der Waals surface area (Å²) in [7, 11) is 0. The van der Waals surface area contributed by atoms with Gasteiger partial charge in [-0.1, -0.05) is 118 Å². The van der Waals surface area contributed by atoms with Crippen molar-refractivity contribution in [3.8, 4) is 0 Å². The fourth-order valence-corrected chi connectivity index (χ4v) is 5.09. The van der Waals surface area contributed by atoms with Gasteiger partial charge in [0, 0.05) is 42.0 Å². The Morgan fingerprint density at radius 1 is 0.353 bits per heavy atom. The molecule has 0 fully saturated rings. The maximum Gasteiger partial charge on any atom is 0.0459 e. The first-order valence-electron chi connectivity index (χ1n) is 10.4. The summed E-state index contributed by atoms with van der Waals surface area (Å²) in [5.74, 6) is -0.628. The topological polar surface area (TPSA) is 0 Å². The van der Waals surface area contributed by atoms with Gasteiger partial charge in [0.1, 0.15) is 0 Å². The third kappa shape index (κ3) is 5.94. The summed E-state index contributed by atoms with van der Waals surface area (Å²) in [4.78, 5) is 0. The van der Waals surface area contributed by atoms with E-state index in [1.54, 1.807) is 0 Å². The molecular formula is C28H18Cl6. The molecule has 34 heavy (non-hydrogen) atoms. The number of benzene rings is 4.